The normalized spacial score (nSPS) is 11.3. The summed E-state index contributed by atoms with van der Waals surface area (Å²) in [5.74, 6) is 2.63. The number of hydrogen-bond acceptors (Lipinski definition) is 4. The highest BCUT2D eigenvalue weighted by atomic mass is 32.1. The highest BCUT2D eigenvalue weighted by Gasteiger charge is 2.08. The van der Waals surface area contributed by atoms with Crippen LogP contribution in [0.1, 0.15) is 57.0 Å². The number of carbonyl (C=O) groups is 1. The molecule has 0 atom stereocenters. The summed E-state index contributed by atoms with van der Waals surface area (Å²) < 4.78 is 11.6. The van der Waals surface area contributed by atoms with Crippen LogP contribution in [0.15, 0.2) is 89.4 Å². The van der Waals surface area contributed by atoms with Gasteiger partial charge in [0.2, 0.25) is 0 Å². The van der Waals surface area contributed by atoms with Crippen LogP contribution in [0.4, 0.5) is 0 Å². The SMILES string of the molecule is CC(C)c1ccc(OCc2ccc(/C=C/C(=O)c3ccc(Cc4ccccc4)s3)o2)cc1. The maximum absolute atomic E-state index is 12.5. The molecule has 4 heteroatoms. The summed E-state index contributed by atoms with van der Waals surface area (Å²) >= 11 is 1.53. The van der Waals surface area contributed by atoms with Crippen molar-refractivity contribution in [2.45, 2.75) is 32.8 Å². The van der Waals surface area contributed by atoms with Crippen molar-refractivity contribution in [2.24, 2.45) is 0 Å². The van der Waals surface area contributed by atoms with Crippen molar-refractivity contribution >= 4 is 23.2 Å². The fourth-order valence-corrected chi connectivity index (χ4v) is 4.27. The quantitative estimate of drug-likeness (QED) is 0.199. The number of ketones is 1. The Hall–Kier alpha value is -3.37. The fraction of sp³-hybridized carbons (Fsp3) is 0.179. The largest absolute Gasteiger partial charge is 0.486 e. The van der Waals surface area contributed by atoms with Crippen LogP contribution in [-0.2, 0) is 13.0 Å². The molecule has 4 rings (SSSR count). The summed E-state index contributed by atoms with van der Waals surface area (Å²) in [6, 6.07) is 26.0. The summed E-state index contributed by atoms with van der Waals surface area (Å²) in [6.07, 6.45) is 4.11. The summed E-state index contributed by atoms with van der Waals surface area (Å²) in [4.78, 5) is 14.4. The van der Waals surface area contributed by atoms with E-state index in [0.717, 1.165) is 17.0 Å². The topological polar surface area (TPSA) is 39.4 Å². The van der Waals surface area contributed by atoms with E-state index < -0.39 is 0 Å². The Morgan fingerprint density at radius 1 is 0.969 bits per heavy atom. The van der Waals surface area contributed by atoms with E-state index in [2.05, 4.69) is 38.1 Å². The lowest BCUT2D eigenvalue weighted by Crippen LogP contribution is -1.94. The van der Waals surface area contributed by atoms with E-state index in [1.54, 1.807) is 12.2 Å². The Balaban J connectivity index is 1.31. The molecule has 0 aliphatic rings. The van der Waals surface area contributed by atoms with Crippen LogP contribution in [0.25, 0.3) is 6.08 Å². The monoisotopic (exact) mass is 442 g/mol. The van der Waals surface area contributed by atoms with Crippen molar-refractivity contribution in [3.8, 4) is 5.75 Å². The van der Waals surface area contributed by atoms with Gasteiger partial charge in [-0.1, -0.05) is 56.3 Å². The summed E-state index contributed by atoms with van der Waals surface area (Å²) in [6.45, 7) is 4.68. The number of allylic oxidation sites excluding steroid dienone is 1. The highest BCUT2D eigenvalue weighted by Crippen LogP contribution is 2.22. The zero-order chi connectivity index (χ0) is 22.3. The lowest BCUT2D eigenvalue weighted by atomic mass is 10.0. The number of furan rings is 1. The van der Waals surface area contributed by atoms with Gasteiger partial charge >= 0.3 is 0 Å². The molecule has 0 saturated carbocycles. The van der Waals surface area contributed by atoms with Gasteiger partial charge in [-0.3, -0.25) is 4.79 Å². The molecule has 0 N–H and O–H groups in total. The first kappa shape index (κ1) is 21.8. The number of ether oxygens (including phenoxy) is 1. The minimum absolute atomic E-state index is 0.0197. The second-order valence-electron chi connectivity index (χ2n) is 7.94. The number of rotatable bonds is 9. The second-order valence-corrected chi connectivity index (χ2v) is 9.11. The smallest absolute Gasteiger partial charge is 0.195 e. The fourth-order valence-electron chi connectivity index (χ4n) is 3.31. The van der Waals surface area contributed by atoms with E-state index in [1.165, 1.54) is 27.3 Å². The van der Waals surface area contributed by atoms with Gasteiger partial charge in [-0.25, -0.2) is 0 Å². The van der Waals surface area contributed by atoms with Crippen molar-refractivity contribution < 1.29 is 13.9 Å². The van der Waals surface area contributed by atoms with Crippen LogP contribution in [0, 0.1) is 0 Å². The van der Waals surface area contributed by atoms with E-state index in [9.17, 15) is 4.79 Å². The third kappa shape index (κ3) is 5.86. The lowest BCUT2D eigenvalue weighted by molar-refractivity contribution is 0.105. The van der Waals surface area contributed by atoms with Gasteiger partial charge in [0.25, 0.3) is 0 Å². The Labute approximate surface area is 193 Å². The molecule has 2 heterocycles. The molecule has 2 aromatic heterocycles. The van der Waals surface area contributed by atoms with Crippen molar-refractivity contribution in [1.29, 1.82) is 0 Å². The maximum Gasteiger partial charge on any atom is 0.195 e. The first-order chi connectivity index (χ1) is 15.6. The first-order valence-corrected chi connectivity index (χ1v) is 11.5. The number of hydrogen-bond donors (Lipinski definition) is 0. The molecular formula is C28H26O3S. The molecule has 0 aliphatic carbocycles. The third-order valence-corrected chi connectivity index (χ3v) is 6.23. The maximum atomic E-state index is 12.5. The minimum Gasteiger partial charge on any atom is -0.486 e. The van der Waals surface area contributed by atoms with Crippen molar-refractivity contribution in [1.82, 2.24) is 0 Å². The zero-order valence-corrected chi connectivity index (χ0v) is 19.1. The van der Waals surface area contributed by atoms with Gasteiger partial charge in [0.15, 0.2) is 5.78 Å². The molecule has 4 aromatic rings. The molecule has 162 valence electrons. The summed E-state index contributed by atoms with van der Waals surface area (Å²) in [5.41, 5.74) is 2.52. The highest BCUT2D eigenvalue weighted by molar-refractivity contribution is 7.14. The molecule has 0 spiro atoms. The molecule has 0 radical (unpaired) electrons. The lowest BCUT2D eigenvalue weighted by Gasteiger charge is -2.07. The van der Waals surface area contributed by atoms with Crippen LogP contribution in [0.5, 0.6) is 5.75 Å². The Bertz CT molecular complexity index is 1180. The van der Waals surface area contributed by atoms with E-state index in [-0.39, 0.29) is 5.78 Å². The Kier molecular flexibility index (Phi) is 7.03. The molecule has 0 saturated heterocycles. The Morgan fingerprint density at radius 3 is 2.50 bits per heavy atom. The van der Waals surface area contributed by atoms with Gasteiger partial charge in [-0.05, 0) is 65.6 Å². The van der Waals surface area contributed by atoms with Gasteiger partial charge in [-0.15, -0.1) is 11.3 Å². The second kappa shape index (κ2) is 10.3. The van der Waals surface area contributed by atoms with Gasteiger partial charge in [0.05, 0.1) is 4.88 Å². The molecule has 0 unspecified atom stereocenters. The Morgan fingerprint density at radius 2 is 1.75 bits per heavy atom. The molecule has 0 amide bonds. The number of benzene rings is 2. The van der Waals surface area contributed by atoms with Crippen molar-refractivity contribution in [3.63, 3.8) is 0 Å². The van der Waals surface area contributed by atoms with Crippen LogP contribution in [0.2, 0.25) is 0 Å². The van der Waals surface area contributed by atoms with Crippen molar-refractivity contribution in [3.05, 3.63) is 117 Å². The predicted octanol–water partition coefficient (Wildman–Crippen LogP) is 7.53. The molecule has 0 bridgehead atoms. The molecule has 3 nitrogen and oxygen atoms in total. The minimum atomic E-state index is -0.0197. The van der Waals surface area contributed by atoms with Crippen LogP contribution in [-0.4, -0.2) is 5.78 Å². The van der Waals surface area contributed by atoms with Crippen molar-refractivity contribution in [2.75, 3.05) is 0 Å². The van der Waals surface area contributed by atoms with Crippen LogP contribution in [0.3, 0.4) is 0 Å². The molecule has 32 heavy (non-hydrogen) atoms. The predicted molar refractivity (Wildman–Crippen MR) is 131 cm³/mol. The standard InChI is InChI=1S/C28H26O3S/c1-20(2)22-8-10-23(11-9-22)30-19-25-13-12-24(31-25)14-16-27(29)28-17-15-26(32-28)18-21-6-4-3-5-7-21/h3-17,20H,18-19H2,1-2H3/b16-14+. The number of carbonyl (C=O) groups excluding carboxylic acids is 1. The molecule has 0 aliphatic heterocycles. The van der Waals surface area contributed by atoms with Gasteiger partial charge in [-0.2, -0.15) is 0 Å². The zero-order valence-electron chi connectivity index (χ0n) is 18.3. The number of thiophene rings is 1. The van der Waals surface area contributed by atoms with Gasteiger partial charge in [0, 0.05) is 11.3 Å². The summed E-state index contributed by atoms with van der Waals surface area (Å²) in [7, 11) is 0. The summed E-state index contributed by atoms with van der Waals surface area (Å²) in [5, 5.41) is 0. The van der Waals surface area contributed by atoms with Crippen LogP contribution >= 0.6 is 11.3 Å². The van der Waals surface area contributed by atoms with E-state index in [4.69, 9.17) is 9.15 Å². The van der Waals surface area contributed by atoms with E-state index in [0.29, 0.717) is 24.0 Å². The average molecular weight is 443 g/mol. The third-order valence-electron chi connectivity index (χ3n) is 5.13. The van der Waals surface area contributed by atoms with Crippen LogP contribution < -0.4 is 4.74 Å². The average Bonchev–Trinajstić information content (AvgIpc) is 3.47. The van der Waals surface area contributed by atoms with E-state index in [1.807, 2.05) is 54.6 Å². The molecule has 0 fully saturated rings. The molecule has 2 aromatic carbocycles. The van der Waals surface area contributed by atoms with Gasteiger partial charge < -0.3 is 9.15 Å². The van der Waals surface area contributed by atoms with Gasteiger partial charge in [0.1, 0.15) is 23.9 Å². The first-order valence-electron chi connectivity index (χ1n) is 10.7. The molecular weight excluding hydrogens is 416 g/mol. The van der Waals surface area contributed by atoms with E-state index >= 15 is 0 Å².